The van der Waals surface area contributed by atoms with Gasteiger partial charge >= 0.3 is 0 Å². The number of amides is 6. The molecule has 25 heteroatoms. The molecule has 460 valence electrons. The molecule has 3 saturated heterocycles. The molecule has 6 amide bonds. The van der Waals surface area contributed by atoms with Crippen molar-refractivity contribution in [3.05, 3.63) is 105 Å². The van der Waals surface area contributed by atoms with Crippen molar-refractivity contribution in [2.75, 3.05) is 58.9 Å². The molecule has 0 aromatic heterocycles. The average Bonchev–Trinajstić information content (AvgIpc) is 4.42. The minimum atomic E-state index is -1.24. The van der Waals surface area contributed by atoms with Crippen LogP contribution >= 0.6 is 0 Å². The highest BCUT2D eigenvalue weighted by Gasteiger charge is 2.33. The van der Waals surface area contributed by atoms with Crippen molar-refractivity contribution in [3.8, 4) is 0 Å². The van der Waals surface area contributed by atoms with Gasteiger partial charge in [0, 0.05) is 101 Å². The second-order valence-corrected chi connectivity index (χ2v) is 21.9. The smallest absolute Gasteiger partial charge is 0.232 e. The molecule has 4 atom stereocenters. The van der Waals surface area contributed by atoms with Crippen LogP contribution in [0.4, 0.5) is 39.5 Å². The first kappa shape index (κ1) is 67.5. The first-order chi connectivity index (χ1) is 39.3. The van der Waals surface area contributed by atoms with Gasteiger partial charge in [-0.3, -0.25) is 28.8 Å². The summed E-state index contributed by atoms with van der Waals surface area (Å²) in [4.78, 5) is 78.7. The van der Waals surface area contributed by atoms with Crippen molar-refractivity contribution in [2.45, 2.75) is 141 Å². The molecule has 1 aliphatic carbocycles. The summed E-state index contributed by atoms with van der Waals surface area (Å²) in [6, 6.07) is 3.04. The minimum absolute atomic E-state index is 0.000583. The molecule has 83 heavy (non-hydrogen) atoms. The second-order valence-electron chi connectivity index (χ2n) is 21.9. The van der Waals surface area contributed by atoms with Gasteiger partial charge in [-0.15, -0.1) is 0 Å². The van der Waals surface area contributed by atoms with Gasteiger partial charge in [0.1, 0.15) is 36.7 Å². The molecule has 0 spiro atoms. The Morgan fingerprint density at radius 1 is 0.494 bits per heavy atom. The number of aliphatic hydroxyl groups excluding tert-OH is 1. The lowest BCUT2D eigenvalue weighted by atomic mass is 9.86. The number of nitrogens with one attached hydrogen (secondary N) is 2. The number of carbonyl (C=O) groups is 6. The van der Waals surface area contributed by atoms with E-state index in [1.165, 1.54) is 6.92 Å². The third-order valence-electron chi connectivity index (χ3n) is 15.7. The standard InChI is InChI=1S/C20H28F3N3O2.C19H26F3N3O3.C19H24F3N3O2/c1-3-25(4-2)19(27)12-20(28)26-7-5-13(6-8-26)18(24)10-14-9-16(22)17(23)11-15(14)21;1-11(26)10-24-18(27)9-19(28)25-4-2-12(3-5-25)17(23)7-13-6-15(21)16(22)8-14(13)20;20-14-9-16(22)15(21)7-12(14)8-17(23)11-3-5-25(6-4-11)19(27)10-18(26)24-13-1-2-13/h9,11,13,18H,3-8,10,12,24H2,1-2H3;6,8,11-12,17,26H,2-5,7,9-10,23H2,1H3,(H,24,27);7,9,11,13,17H,1-6,8,10,23H2,(H,24,26)/t18-;11-,17-;17-/m111/s1. The lowest BCUT2D eigenvalue weighted by Gasteiger charge is -2.35. The SMILES string of the molecule is CCN(CC)C(=O)CC(=O)N1CCC([C@H](N)Cc2cc(F)c(F)cc2F)CC1.C[C@@H](O)CNC(=O)CC(=O)N1CCC([C@H](N)Cc2cc(F)c(F)cc2F)CC1.N[C@H](Cc1cc(F)c(F)cc1F)C1CCN(C(=O)CC(=O)NC2CC2)CC1. The third kappa shape index (κ3) is 21.1. The van der Waals surface area contributed by atoms with Gasteiger partial charge < -0.3 is 52.5 Å². The summed E-state index contributed by atoms with van der Waals surface area (Å²) in [7, 11) is 0. The third-order valence-corrected chi connectivity index (χ3v) is 15.7. The highest BCUT2D eigenvalue weighted by Crippen LogP contribution is 2.28. The van der Waals surface area contributed by atoms with Gasteiger partial charge in [0.15, 0.2) is 34.9 Å². The fraction of sp³-hybridized carbons (Fsp3) is 0.586. The van der Waals surface area contributed by atoms with Gasteiger partial charge in [-0.25, -0.2) is 39.5 Å². The number of nitrogens with two attached hydrogens (primary N) is 3. The maximum absolute atomic E-state index is 13.8. The van der Waals surface area contributed by atoms with Crippen LogP contribution in [0.2, 0.25) is 0 Å². The molecular formula is C58H78F9N9O7. The average molecular weight is 1180 g/mol. The molecule has 16 nitrogen and oxygen atoms in total. The normalized spacial score (nSPS) is 17.5. The van der Waals surface area contributed by atoms with Gasteiger partial charge in [0.2, 0.25) is 35.4 Å². The van der Waals surface area contributed by atoms with Gasteiger partial charge in [-0.05, 0) is 144 Å². The zero-order valence-electron chi connectivity index (χ0n) is 47.2. The highest BCUT2D eigenvalue weighted by molar-refractivity contribution is 5.98. The van der Waals surface area contributed by atoms with E-state index >= 15 is 0 Å². The molecule has 0 bridgehead atoms. The topological polar surface area (TPSA) is 238 Å². The van der Waals surface area contributed by atoms with Crippen LogP contribution in [0.1, 0.15) is 108 Å². The fourth-order valence-electron chi connectivity index (χ4n) is 10.4. The van der Waals surface area contributed by atoms with Gasteiger partial charge in [-0.2, -0.15) is 0 Å². The molecule has 3 aromatic carbocycles. The van der Waals surface area contributed by atoms with Crippen molar-refractivity contribution >= 4 is 35.4 Å². The number of halogens is 9. The highest BCUT2D eigenvalue weighted by atomic mass is 19.2. The van der Waals surface area contributed by atoms with E-state index < -0.39 is 82.5 Å². The molecule has 7 rings (SSSR count). The summed E-state index contributed by atoms with van der Waals surface area (Å²) in [5, 5.41) is 14.4. The van der Waals surface area contributed by atoms with Crippen LogP contribution in [-0.2, 0) is 48.0 Å². The van der Waals surface area contributed by atoms with Crippen LogP contribution in [0.15, 0.2) is 36.4 Å². The Hall–Kier alpha value is -6.31. The van der Waals surface area contributed by atoms with Crippen LogP contribution in [-0.4, -0.2) is 149 Å². The minimum Gasteiger partial charge on any atom is -0.392 e. The van der Waals surface area contributed by atoms with Gasteiger partial charge in [0.25, 0.3) is 0 Å². The predicted octanol–water partition coefficient (Wildman–Crippen LogP) is 5.45. The van der Waals surface area contributed by atoms with E-state index in [1.807, 2.05) is 13.8 Å². The van der Waals surface area contributed by atoms with Crippen molar-refractivity contribution in [1.82, 2.24) is 30.2 Å². The quantitative estimate of drug-likeness (QED) is 0.0475. The zero-order chi connectivity index (χ0) is 61.2. The fourth-order valence-corrected chi connectivity index (χ4v) is 10.4. The number of hydrogen-bond donors (Lipinski definition) is 6. The van der Waals surface area contributed by atoms with E-state index in [9.17, 15) is 68.3 Å². The number of piperidine rings is 3. The first-order valence-corrected chi connectivity index (χ1v) is 28.3. The van der Waals surface area contributed by atoms with E-state index in [1.54, 1.807) is 19.6 Å². The molecule has 0 unspecified atom stereocenters. The van der Waals surface area contributed by atoms with E-state index in [2.05, 4.69) is 10.6 Å². The van der Waals surface area contributed by atoms with Crippen molar-refractivity contribution in [2.24, 2.45) is 35.0 Å². The Morgan fingerprint density at radius 2 is 0.795 bits per heavy atom. The molecule has 1 saturated carbocycles. The number of carbonyl (C=O) groups excluding carboxylic acids is 6. The van der Waals surface area contributed by atoms with Gasteiger partial charge in [-0.1, -0.05) is 0 Å². The number of nitrogens with zero attached hydrogens (tertiary/aromatic N) is 4. The van der Waals surface area contributed by atoms with Crippen molar-refractivity contribution < 1.29 is 73.4 Å². The first-order valence-electron chi connectivity index (χ1n) is 28.3. The summed E-state index contributed by atoms with van der Waals surface area (Å²) in [5.74, 6) is -10.9. The second kappa shape index (κ2) is 32.1. The number of rotatable bonds is 20. The zero-order valence-corrected chi connectivity index (χ0v) is 47.2. The lowest BCUT2D eigenvalue weighted by Crippen LogP contribution is -2.45. The van der Waals surface area contributed by atoms with Crippen molar-refractivity contribution in [3.63, 3.8) is 0 Å². The van der Waals surface area contributed by atoms with Crippen LogP contribution in [0.3, 0.4) is 0 Å². The van der Waals surface area contributed by atoms with E-state index in [-0.39, 0.29) is 115 Å². The number of aliphatic hydroxyl groups is 1. The molecule has 4 fully saturated rings. The Labute approximate surface area is 478 Å². The summed E-state index contributed by atoms with van der Waals surface area (Å²) in [6.07, 6.45) is 4.62. The Bertz CT molecular complexity index is 2700. The summed E-state index contributed by atoms with van der Waals surface area (Å²) in [5.41, 5.74) is 18.6. The molecule has 0 radical (unpaired) electrons. The van der Waals surface area contributed by atoms with Crippen LogP contribution in [0.5, 0.6) is 0 Å². The lowest BCUT2D eigenvalue weighted by molar-refractivity contribution is -0.142. The molecular weight excluding hydrogens is 1110 g/mol. The summed E-state index contributed by atoms with van der Waals surface area (Å²) in [6.45, 7) is 9.24. The van der Waals surface area contributed by atoms with E-state index in [4.69, 9.17) is 22.3 Å². The maximum Gasteiger partial charge on any atom is 0.232 e. The van der Waals surface area contributed by atoms with Crippen LogP contribution in [0.25, 0.3) is 0 Å². The monoisotopic (exact) mass is 1180 g/mol. The van der Waals surface area contributed by atoms with Crippen molar-refractivity contribution in [1.29, 1.82) is 0 Å². The van der Waals surface area contributed by atoms with Gasteiger partial charge in [0.05, 0.1) is 6.10 Å². The molecule has 4 aliphatic rings. The number of benzene rings is 3. The Kier molecular flexibility index (Phi) is 26.1. The van der Waals surface area contributed by atoms with E-state index in [0.29, 0.717) is 109 Å². The maximum atomic E-state index is 13.8. The number of hydrogen-bond acceptors (Lipinski definition) is 10. The molecule has 3 aromatic rings. The molecule has 9 N–H and O–H groups in total. The number of likely N-dealkylation sites (tertiary alicyclic amines) is 3. The summed E-state index contributed by atoms with van der Waals surface area (Å²) >= 11 is 0. The van der Waals surface area contributed by atoms with Crippen LogP contribution in [0, 0.1) is 70.1 Å². The largest absolute Gasteiger partial charge is 0.392 e. The Morgan fingerprint density at radius 3 is 1.10 bits per heavy atom. The molecule has 3 aliphatic heterocycles. The van der Waals surface area contributed by atoms with E-state index in [0.717, 1.165) is 31.0 Å². The Balaban J connectivity index is 0.000000228. The molecule has 3 heterocycles. The summed E-state index contributed by atoms with van der Waals surface area (Å²) < 4.78 is 120. The predicted molar refractivity (Wildman–Crippen MR) is 290 cm³/mol. The van der Waals surface area contributed by atoms with Crippen LogP contribution < -0.4 is 27.8 Å².